The summed E-state index contributed by atoms with van der Waals surface area (Å²) in [6, 6.07) is 13.9. The van der Waals surface area contributed by atoms with Crippen LogP contribution in [0.1, 0.15) is 81.9 Å². The van der Waals surface area contributed by atoms with Crippen LogP contribution in [0.2, 0.25) is 0 Å². The Morgan fingerprint density at radius 3 is 1.56 bits per heavy atom. The molecule has 0 radical (unpaired) electrons. The average Bonchev–Trinajstić information content (AvgIpc) is 2.89. The highest BCUT2D eigenvalue weighted by atomic mass is 16.4. The highest BCUT2D eigenvalue weighted by Crippen LogP contribution is 2.55. The Morgan fingerprint density at radius 2 is 1.08 bits per heavy atom. The van der Waals surface area contributed by atoms with Gasteiger partial charge in [-0.3, -0.25) is 9.59 Å². The molecule has 4 aromatic rings. The summed E-state index contributed by atoms with van der Waals surface area (Å²) in [5.41, 5.74) is 0.500. The van der Waals surface area contributed by atoms with E-state index >= 15 is 0 Å². The molecule has 0 aromatic heterocycles. The largest absolute Gasteiger partial charge is 0.507 e. The Hall–Kier alpha value is -5.15. The average molecular weight is 524 g/mol. The van der Waals surface area contributed by atoms with Crippen molar-refractivity contribution in [2.24, 2.45) is 0 Å². The maximum Gasteiger partial charge on any atom is 0.335 e. The summed E-state index contributed by atoms with van der Waals surface area (Å²) in [4.78, 5) is 39.1. The van der Waals surface area contributed by atoms with E-state index in [4.69, 9.17) is 0 Å². The van der Waals surface area contributed by atoms with E-state index in [-0.39, 0.29) is 56.0 Å². The van der Waals surface area contributed by atoms with Gasteiger partial charge >= 0.3 is 5.97 Å². The molecule has 6 rings (SSSR count). The lowest BCUT2D eigenvalue weighted by molar-refractivity contribution is 0.0695. The Kier molecular flexibility index (Phi) is 5.24. The molecule has 0 saturated heterocycles. The van der Waals surface area contributed by atoms with Crippen molar-refractivity contribution in [2.45, 2.75) is 18.4 Å². The molecule has 2 atom stereocenters. The molecule has 0 saturated carbocycles. The van der Waals surface area contributed by atoms with Crippen LogP contribution < -0.4 is 0 Å². The molecule has 4 aromatic carbocycles. The van der Waals surface area contributed by atoms with E-state index in [1.807, 2.05) is 0 Å². The molecule has 39 heavy (non-hydrogen) atoms. The van der Waals surface area contributed by atoms with Crippen molar-refractivity contribution in [1.82, 2.24) is 0 Å². The molecule has 0 fully saturated rings. The summed E-state index contributed by atoms with van der Waals surface area (Å²) in [5, 5.41) is 62.8. The van der Waals surface area contributed by atoms with Crippen molar-refractivity contribution >= 4 is 17.5 Å². The zero-order valence-corrected chi connectivity index (χ0v) is 20.0. The lowest BCUT2D eigenvalue weighted by atomic mass is 9.63. The number of aliphatic hydroxyl groups is 1. The number of carbonyl (C=O) groups is 3. The quantitative estimate of drug-likeness (QED) is 0.233. The predicted octanol–water partition coefficient (Wildman–Crippen LogP) is 3.75. The highest BCUT2D eigenvalue weighted by Gasteiger charge is 2.45. The van der Waals surface area contributed by atoms with Crippen LogP contribution in [0, 0.1) is 0 Å². The zero-order valence-electron chi connectivity index (χ0n) is 20.0. The van der Waals surface area contributed by atoms with Crippen molar-refractivity contribution in [3.8, 4) is 23.0 Å². The Balaban J connectivity index is 1.78. The van der Waals surface area contributed by atoms with Crippen molar-refractivity contribution in [3.63, 3.8) is 0 Å². The van der Waals surface area contributed by atoms with E-state index in [0.29, 0.717) is 11.1 Å². The fourth-order valence-electron chi connectivity index (χ4n) is 5.99. The summed E-state index contributed by atoms with van der Waals surface area (Å²) in [5.74, 6) is -6.32. The second kappa shape index (κ2) is 8.44. The minimum Gasteiger partial charge on any atom is -0.507 e. The van der Waals surface area contributed by atoms with Crippen molar-refractivity contribution in [3.05, 3.63) is 116 Å². The molecule has 0 amide bonds. The molecule has 2 aliphatic rings. The first-order valence-corrected chi connectivity index (χ1v) is 11.9. The summed E-state index contributed by atoms with van der Waals surface area (Å²) in [6.07, 6.45) is 0. The second-order valence-electron chi connectivity index (χ2n) is 9.60. The van der Waals surface area contributed by atoms with E-state index in [9.17, 15) is 45.0 Å². The van der Waals surface area contributed by atoms with Crippen LogP contribution in [-0.2, 0) is 6.61 Å². The summed E-state index contributed by atoms with van der Waals surface area (Å²) < 4.78 is 0. The molecule has 6 N–H and O–H groups in total. The number of phenolic OH excluding ortho intramolecular Hbond substituents is 4. The van der Waals surface area contributed by atoms with Gasteiger partial charge in [-0.25, -0.2) is 4.79 Å². The van der Waals surface area contributed by atoms with Crippen LogP contribution in [0.15, 0.2) is 60.7 Å². The summed E-state index contributed by atoms with van der Waals surface area (Å²) >= 11 is 0. The number of phenols is 4. The summed E-state index contributed by atoms with van der Waals surface area (Å²) in [6.45, 7) is -0.463. The number of aromatic carboxylic acids is 1. The van der Waals surface area contributed by atoms with Gasteiger partial charge in [-0.05, 0) is 58.1 Å². The van der Waals surface area contributed by atoms with E-state index in [2.05, 4.69) is 0 Å². The van der Waals surface area contributed by atoms with Crippen molar-refractivity contribution in [2.75, 3.05) is 0 Å². The van der Waals surface area contributed by atoms with E-state index < -0.39 is 47.5 Å². The van der Waals surface area contributed by atoms with Gasteiger partial charge in [-0.2, -0.15) is 0 Å². The molecule has 0 aliphatic heterocycles. The molecule has 9 nitrogen and oxygen atoms in total. The van der Waals surface area contributed by atoms with Gasteiger partial charge in [0.2, 0.25) is 11.6 Å². The van der Waals surface area contributed by atoms with Gasteiger partial charge in [-0.15, -0.1) is 0 Å². The maximum absolute atomic E-state index is 13.6. The number of carboxylic acids is 1. The topological polar surface area (TPSA) is 173 Å². The molecule has 0 spiro atoms. The number of rotatable bonds is 3. The van der Waals surface area contributed by atoms with Crippen LogP contribution >= 0.6 is 0 Å². The number of carboxylic acid groups (broad SMARTS) is 1. The lowest BCUT2D eigenvalue weighted by Gasteiger charge is -2.38. The number of aliphatic hydroxyl groups excluding tert-OH is 1. The fourth-order valence-corrected chi connectivity index (χ4v) is 5.99. The molecular formula is C30H20O9. The third kappa shape index (κ3) is 3.33. The van der Waals surface area contributed by atoms with Crippen molar-refractivity contribution < 1.29 is 45.0 Å². The predicted molar refractivity (Wildman–Crippen MR) is 136 cm³/mol. The Bertz CT molecular complexity index is 1770. The standard InChI is InChI=1S/C30H20O9/c31-11-12-7-16-22(14-3-1-5-18(32)24(14)28(36)26(16)20(34)8-12)23-15-4-2-6-19(33)25(15)29(37)27-17(23)9-13(30(38)39)10-21(27)35/h1-10,22-23,31-35H,11H2,(H,38,39). The molecule has 2 aliphatic carbocycles. The van der Waals surface area contributed by atoms with Gasteiger partial charge in [0.15, 0.2) is 0 Å². The molecule has 2 unspecified atom stereocenters. The van der Waals surface area contributed by atoms with Gasteiger partial charge in [0.25, 0.3) is 0 Å². The SMILES string of the molecule is O=C(O)c1cc(O)c2c(c1)C(C1c3cccc(O)c3C(=O)c3c(O)cc(CO)cc31)c1cccc(O)c1C2=O. The molecule has 0 heterocycles. The number of hydrogen-bond donors (Lipinski definition) is 6. The normalized spacial score (nSPS) is 17.2. The van der Waals surface area contributed by atoms with Crippen LogP contribution in [-0.4, -0.2) is 48.2 Å². The van der Waals surface area contributed by atoms with Crippen LogP contribution in [0.4, 0.5) is 0 Å². The third-order valence-electron chi connectivity index (χ3n) is 7.52. The smallest absolute Gasteiger partial charge is 0.335 e. The number of hydrogen-bond acceptors (Lipinski definition) is 8. The lowest BCUT2D eigenvalue weighted by Crippen LogP contribution is -2.30. The minimum atomic E-state index is -1.35. The van der Waals surface area contributed by atoms with Crippen LogP contribution in [0.5, 0.6) is 23.0 Å². The molecule has 194 valence electrons. The molecular weight excluding hydrogens is 504 g/mol. The highest BCUT2D eigenvalue weighted by molar-refractivity contribution is 6.18. The van der Waals surface area contributed by atoms with Gasteiger partial charge in [-0.1, -0.05) is 30.3 Å². The fraction of sp³-hybridized carbons (Fsp3) is 0.100. The van der Waals surface area contributed by atoms with Gasteiger partial charge in [0.1, 0.15) is 23.0 Å². The van der Waals surface area contributed by atoms with Gasteiger partial charge in [0.05, 0.1) is 34.4 Å². The number of benzene rings is 4. The third-order valence-corrected chi connectivity index (χ3v) is 7.52. The van der Waals surface area contributed by atoms with E-state index in [1.54, 1.807) is 12.1 Å². The zero-order chi connectivity index (χ0) is 27.7. The maximum atomic E-state index is 13.6. The Morgan fingerprint density at radius 1 is 0.615 bits per heavy atom. The monoisotopic (exact) mass is 524 g/mol. The van der Waals surface area contributed by atoms with Gasteiger partial charge in [0, 0.05) is 11.8 Å². The number of fused-ring (bicyclic) bond motifs is 4. The van der Waals surface area contributed by atoms with Gasteiger partial charge < -0.3 is 30.6 Å². The van der Waals surface area contributed by atoms with Crippen molar-refractivity contribution in [1.29, 1.82) is 0 Å². The number of ketones is 2. The Labute approximate surface area is 220 Å². The van der Waals surface area contributed by atoms with Crippen LogP contribution in [0.3, 0.4) is 0 Å². The van der Waals surface area contributed by atoms with E-state index in [0.717, 1.165) is 6.07 Å². The van der Waals surface area contributed by atoms with Crippen LogP contribution in [0.25, 0.3) is 0 Å². The first kappa shape index (κ1) is 24.2. The minimum absolute atomic E-state index is 0.0826. The first-order valence-electron chi connectivity index (χ1n) is 11.9. The molecule has 0 bridgehead atoms. The second-order valence-corrected chi connectivity index (χ2v) is 9.60. The summed E-state index contributed by atoms with van der Waals surface area (Å²) in [7, 11) is 0. The first-order chi connectivity index (χ1) is 18.6. The van der Waals surface area contributed by atoms with E-state index in [1.165, 1.54) is 42.5 Å². The number of carbonyl (C=O) groups excluding carboxylic acids is 2. The number of aromatic hydroxyl groups is 4. The molecule has 9 heteroatoms.